The van der Waals surface area contributed by atoms with E-state index in [2.05, 4.69) is 52.0 Å². The van der Waals surface area contributed by atoms with Gasteiger partial charge >= 0.3 is 0 Å². The maximum atomic E-state index is 5.72. The highest BCUT2D eigenvalue weighted by Crippen LogP contribution is 2.13. The normalized spacial score (nSPS) is 9.47. The lowest BCUT2D eigenvalue weighted by Gasteiger charge is -1.97. The summed E-state index contributed by atoms with van der Waals surface area (Å²) in [6.07, 6.45) is 0. The minimum atomic E-state index is 0.818. The van der Waals surface area contributed by atoms with Crippen LogP contribution in [0.1, 0.15) is 22.3 Å². The number of rotatable bonds is 0. The largest absolute Gasteiger partial charge is 0.0843 e. The van der Waals surface area contributed by atoms with E-state index in [0.717, 1.165) is 5.02 Å². The molecule has 0 heterocycles. The molecule has 0 aliphatic carbocycles. The highest BCUT2D eigenvalue weighted by atomic mass is 35.5. The smallest absolute Gasteiger partial charge is 0.0408 e. The van der Waals surface area contributed by atoms with Crippen LogP contribution in [0, 0.1) is 27.7 Å². The number of hydrogen-bond acceptors (Lipinski definition) is 0. The van der Waals surface area contributed by atoms with Crippen LogP contribution in [0.3, 0.4) is 0 Å². The molecular formula is C16H19Cl. The van der Waals surface area contributed by atoms with Gasteiger partial charge in [-0.05, 0) is 62.1 Å². The number of halogens is 1. The summed E-state index contributed by atoms with van der Waals surface area (Å²) in [5.74, 6) is 0. The van der Waals surface area contributed by atoms with Crippen LogP contribution in [0.25, 0.3) is 0 Å². The van der Waals surface area contributed by atoms with Crippen molar-refractivity contribution < 1.29 is 0 Å². The van der Waals surface area contributed by atoms with Gasteiger partial charge in [0.15, 0.2) is 0 Å². The Bertz CT molecular complexity index is 466. The highest BCUT2D eigenvalue weighted by molar-refractivity contribution is 6.30. The van der Waals surface area contributed by atoms with Crippen LogP contribution < -0.4 is 0 Å². The molecule has 0 fully saturated rings. The van der Waals surface area contributed by atoms with Gasteiger partial charge < -0.3 is 0 Å². The molecule has 0 atom stereocenters. The maximum absolute atomic E-state index is 5.72. The first-order valence-electron chi connectivity index (χ1n) is 5.75. The van der Waals surface area contributed by atoms with Gasteiger partial charge in [0.25, 0.3) is 0 Å². The van der Waals surface area contributed by atoms with E-state index >= 15 is 0 Å². The number of hydrogen-bond donors (Lipinski definition) is 0. The molecule has 0 saturated carbocycles. The van der Waals surface area contributed by atoms with Gasteiger partial charge in [-0.2, -0.15) is 0 Å². The van der Waals surface area contributed by atoms with Crippen LogP contribution in [-0.4, -0.2) is 0 Å². The van der Waals surface area contributed by atoms with Gasteiger partial charge in [-0.15, -0.1) is 0 Å². The van der Waals surface area contributed by atoms with E-state index in [9.17, 15) is 0 Å². The topological polar surface area (TPSA) is 0 Å². The zero-order chi connectivity index (χ0) is 12.8. The van der Waals surface area contributed by atoms with Crippen molar-refractivity contribution in [3.8, 4) is 0 Å². The van der Waals surface area contributed by atoms with E-state index in [1.807, 2.05) is 18.2 Å². The summed E-state index contributed by atoms with van der Waals surface area (Å²) >= 11 is 5.72. The summed E-state index contributed by atoms with van der Waals surface area (Å²) in [5, 5.41) is 0.818. The summed E-state index contributed by atoms with van der Waals surface area (Å²) in [6, 6.07) is 14.3. The van der Waals surface area contributed by atoms with Gasteiger partial charge in [-0.3, -0.25) is 0 Å². The van der Waals surface area contributed by atoms with E-state index < -0.39 is 0 Å². The Morgan fingerprint density at radius 1 is 0.647 bits per heavy atom. The molecule has 1 heteroatoms. The van der Waals surface area contributed by atoms with E-state index in [1.54, 1.807) is 0 Å². The van der Waals surface area contributed by atoms with Gasteiger partial charge in [0.1, 0.15) is 0 Å². The summed E-state index contributed by atoms with van der Waals surface area (Å²) in [7, 11) is 0. The molecule has 0 N–H and O–H groups in total. The van der Waals surface area contributed by atoms with E-state index in [4.69, 9.17) is 11.6 Å². The van der Waals surface area contributed by atoms with Crippen molar-refractivity contribution in [2.75, 3.05) is 0 Å². The number of aryl methyl sites for hydroxylation is 4. The molecule has 0 radical (unpaired) electrons. The Morgan fingerprint density at radius 3 is 1.47 bits per heavy atom. The zero-order valence-corrected chi connectivity index (χ0v) is 11.7. The summed E-state index contributed by atoms with van der Waals surface area (Å²) in [6.45, 7) is 8.37. The second kappa shape index (κ2) is 6.46. The molecule has 0 aliphatic rings. The molecule has 0 amide bonds. The number of benzene rings is 2. The molecule has 0 bridgehead atoms. The molecular weight excluding hydrogens is 228 g/mol. The van der Waals surface area contributed by atoms with Crippen molar-refractivity contribution in [3.63, 3.8) is 0 Å². The Kier molecular flexibility index (Phi) is 5.24. The van der Waals surface area contributed by atoms with Crippen LogP contribution in [0.4, 0.5) is 0 Å². The molecule has 2 rings (SSSR count). The van der Waals surface area contributed by atoms with Gasteiger partial charge in [-0.25, -0.2) is 0 Å². The minimum absolute atomic E-state index is 0.818. The van der Waals surface area contributed by atoms with Crippen LogP contribution in [-0.2, 0) is 0 Å². The Labute approximate surface area is 109 Å². The lowest BCUT2D eigenvalue weighted by molar-refractivity contribution is 1.34. The van der Waals surface area contributed by atoms with Crippen LogP contribution in [0.2, 0.25) is 5.02 Å². The Hall–Kier alpha value is -1.27. The predicted molar refractivity (Wildman–Crippen MR) is 76.8 cm³/mol. The second-order valence-corrected chi connectivity index (χ2v) is 4.75. The van der Waals surface area contributed by atoms with Crippen molar-refractivity contribution in [3.05, 3.63) is 69.7 Å². The van der Waals surface area contributed by atoms with Crippen LogP contribution in [0.15, 0.2) is 42.5 Å². The molecule has 0 unspecified atom stereocenters. The molecule has 0 aromatic heterocycles. The van der Waals surface area contributed by atoms with Crippen LogP contribution >= 0.6 is 11.6 Å². The van der Waals surface area contributed by atoms with Crippen molar-refractivity contribution >= 4 is 11.6 Å². The average molecular weight is 247 g/mol. The van der Waals surface area contributed by atoms with E-state index in [-0.39, 0.29) is 0 Å². The third-order valence-electron chi connectivity index (χ3n) is 2.89. The Balaban J connectivity index is 0.000000171. The fraction of sp³-hybridized carbons (Fsp3) is 0.250. The first-order valence-corrected chi connectivity index (χ1v) is 6.13. The van der Waals surface area contributed by atoms with Crippen LogP contribution in [0.5, 0.6) is 0 Å². The Morgan fingerprint density at radius 2 is 1.12 bits per heavy atom. The molecule has 0 spiro atoms. The molecule has 0 aliphatic heterocycles. The first-order chi connectivity index (χ1) is 8.00. The predicted octanol–water partition coefficient (Wildman–Crippen LogP) is 5.26. The monoisotopic (exact) mass is 246 g/mol. The van der Waals surface area contributed by atoms with Gasteiger partial charge in [0.05, 0.1) is 0 Å². The summed E-state index contributed by atoms with van der Waals surface area (Å²) in [5.41, 5.74) is 5.28. The quantitative estimate of drug-likeness (QED) is 0.595. The van der Waals surface area contributed by atoms with E-state index in [0.29, 0.717) is 0 Å². The molecule has 17 heavy (non-hydrogen) atoms. The average Bonchev–Trinajstić information content (AvgIpc) is 2.29. The highest BCUT2D eigenvalue weighted by Gasteiger charge is 1.90. The van der Waals surface area contributed by atoms with Crippen molar-refractivity contribution in [2.24, 2.45) is 0 Å². The van der Waals surface area contributed by atoms with Gasteiger partial charge in [-0.1, -0.05) is 41.9 Å². The van der Waals surface area contributed by atoms with E-state index in [1.165, 1.54) is 22.3 Å². The third-order valence-corrected chi connectivity index (χ3v) is 3.13. The molecule has 2 aromatic carbocycles. The summed E-state index contributed by atoms with van der Waals surface area (Å²) < 4.78 is 0. The standard InChI is InChI=1S/C8H9Cl.C8H10/c1-6-3-4-8(9)5-7(6)2;1-7-5-3-4-6-8(7)2/h3-5H,1-2H3;3-6H,1-2H3. The third kappa shape index (κ3) is 4.62. The molecule has 0 nitrogen and oxygen atoms in total. The zero-order valence-electron chi connectivity index (χ0n) is 10.9. The first kappa shape index (κ1) is 13.8. The lowest BCUT2D eigenvalue weighted by Crippen LogP contribution is -1.77. The van der Waals surface area contributed by atoms with Gasteiger partial charge in [0, 0.05) is 5.02 Å². The van der Waals surface area contributed by atoms with Crippen molar-refractivity contribution in [2.45, 2.75) is 27.7 Å². The maximum Gasteiger partial charge on any atom is 0.0408 e. The molecule has 0 saturated heterocycles. The minimum Gasteiger partial charge on any atom is -0.0843 e. The second-order valence-electron chi connectivity index (χ2n) is 4.31. The SMILES string of the molecule is Cc1ccc(Cl)cc1C.Cc1ccccc1C. The molecule has 90 valence electrons. The lowest BCUT2D eigenvalue weighted by atomic mass is 10.1. The summed E-state index contributed by atoms with van der Waals surface area (Å²) in [4.78, 5) is 0. The van der Waals surface area contributed by atoms with Crippen molar-refractivity contribution in [1.82, 2.24) is 0 Å². The fourth-order valence-corrected chi connectivity index (χ4v) is 1.59. The van der Waals surface area contributed by atoms with Gasteiger partial charge in [0.2, 0.25) is 0 Å². The molecule has 2 aromatic rings. The van der Waals surface area contributed by atoms with Crippen molar-refractivity contribution in [1.29, 1.82) is 0 Å². The fourth-order valence-electron chi connectivity index (χ4n) is 1.37.